The molecular weight excluding hydrogens is 877 g/mol. The molecule has 0 fully saturated rings. The summed E-state index contributed by atoms with van der Waals surface area (Å²) in [4.78, 5) is 38.2. The lowest BCUT2D eigenvalue weighted by Gasteiger charge is -2.18. The minimum atomic E-state index is -0.809. The fourth-order valence-corrected chi connectivity index (χ4v) is 8.41. The normalized spacial score (nSPS) is 12.7. The minimum absolute atomic E-state index is 0.0990. The Labute approximate surface area is 439 Å². The lowest BCUT2D eigenvalue weighted by atomic mass is 10.0. The highest BCUT2D eigenvalue weighted by Gasteiger charge is 2.19. The van der Waals surface area contributed by atoms with Crippen molar-refractivity contribution in [3.05, 3.63) is 85.1 Å². The van der Waals surface area contributed by atoms with Crippen molar-refractivity contribution >= 4 is 17.9 Å². The molecule has 0 aliphatic rings. The zero-order valence-corrected chi connectivity index (χ0v) is 46.7. The van der Waals surface area contributed by atoms with Gasteiger partial charge in [0.1, 0.15) is 13.2 Å². The summed E-state index contributed by atoms with van der Waals surface area (Å²) < 4.78 is 16.8. The Kier molecular flexibility index (Phi) is 56.3. The second kappa shape index (κ2) is 59.2. The van der Waals surface area contributed by atoms with Crippen LogP contribution < -0.4 is 0 Å². The molecule has 71 heavy (non-hydrogen) atoms. The van der Waals surface area contributed by atoms with Crippen molar-refractivity contribution in [2.24, 2.45) is 0 Å². The highest BCUT2D eigenvalue weighted by Crippen LogP contribution is 2.16. The number of ether oxygens (including phenoxy) is 3. The van der Waals surface area contributed by atoms with Crippen LogP contribution in [0.3, 0.4) is 0 Å². The monoisotopic (exact) mass is 989 g/mol. The summed E-state index contributed by atoms with van der Waals surface area (Å²) in [6.07, 6.45) is 77.3. The van der Waals surface area contributed by atoms with Crippen LogP contribution in [0, 0.1) is 0 Å². The van der Waals surface area contributed by atoms with Gasteiger partial charge in [-0.2, -0.15) is 0 Å². The maximum Gasteiger partial charge on any atom is 0.306 e. The minimum Gasteiger partial charge on any atom is -0.462 e. The van der Waals surface area contributed by atoms with E-state index < -0.39 is 6.10 Å². The van der Waals surface area contributed by atoms with Crippen LogP contribution in [0.5, 0.6) is 0 Å². The van der Waals surface area contributed by atoms with Crippen molar-refractivity contribution in [2.75, 3.05) is 13.2 Å². The van der Waals surface area contributed by atoms with E-state index in [1.807, 2.05) is 6.08 Å². The molecule has 0 bridgehead atoms. The van der Waals surface area contributed by atoms with Crippen molar-refractivity contribution in [1.82, 2.24) is 0 Å². The van der Waals surface area contributed by atoms with Crippen LogP contribution in [0.2, 0.25) is 0 Å². The second-order valence-corrected chi connectivity index (χ2v) is 19.9. The largest absolute Gasteiger partial charge is 0.462 e. The number of carbonyl (C=O) groups is 3. The third kappa shape index (κ3) is 57.4. The molecule has 0 saturated heterocycles. The molecule has 0 aromatic heterocycles. The number of hydrogen-bond acceptors (Lipinski definition) is 6. The molecule has 6 heteroatoms. The van der Waals surface area contributed by atoms with Gasteiger partial charge in [0.25, 0.3) is 0 Å². The van der Waals surface area contributed by atoms with Gasteiger partial charge < -0.3 is 14.2 Å². The third-order valence-corrected chi connectivity index (χ3v) is 12.9. The summed E-state index contributed by atoms with van der Waals surface area (Å²) in [6.45, 7) is 6.48. The van der Waals surface area contributed by atoms with Gasteiger partial charge in [-0.3, -0.25) is 14.4 Å². The van der Waals surface area contributed by atoms with E-state index in [0.29, 0.717) is 19.3 Å². The van der Waals surface area contributed by atoms with Gasteiger partial charge in [0.2, 0.25) is 0 Å². The Balaban J connectivity index is 4.48. The van der Waals surface area contributed by atoms with E-state index in [9.17, 15) is 14.4 Å². The van der Waals surface area contributed by atoms with Crippen LogP contribution in [0.15, 0.2) is 85.1 Å². The first-order valence-corrected chi connectivity index (χ1v) is 30.1. The fraction of sp³-hybridized carbons (Fsp3) is 0.738. The van der Waals surface area contributed by atoms with E-state index in [-0.39, 0.29) is 37.5 Å². The Morgan fingerprint density at radius 2 is 0.577 bits per heavy atom. The molecular formula is C65H112O6. The highest BCUT2D eigenvalue weighted by molar-refractivity contribution is 5.71. The number of esters is 3. The first kappa shape index (κ1) is 67.6. The summed E-state index contributed by atoms with van der Waals surface area (Å²) in [7, 11) is 0. The van der Waals surface area contributed by atoms with Crippen LogP contribution in [-0.2, 0) is 28.6 Å². The molecule has 0 rings (SSSR count). The van der Waals surface area contributed by atoms with Crippen LogP contribution in [0.4, 0.5) is 0 Å². The van der Waals surface area contributed by atoms with Crippen molar-refractivity contribution in [1.29, 1.82) is 0 Å². The molecule has 6 nitrogen and oxygen atoms in total. The number of unbranched alkanes of at least 4 members (excludes halogenated alkanes) is 29. The number of allylic oxidation sites excluding steroid dienone is 14. The molecule has 0 heterocycles. The maximum atomic E-state index is 12.9. The van der Waals surface area contributed by atoms with Gasteiger partial charge in [0, 0.05) is 19.3 Å². The molecule has 0 N–H and O–H groups in total. The molecule has 0 aliphatic carbocycles. The van der Waals surface area contributed by atoms with E-state index in [1.54, 1.807) is 0 Å². The average Bonchev–Trinajstić information content (AvgIpc) is 3.37. The van der Waals surface area contributed by atoms with Crippen LogP contribution in [0.25, 0.3) is 0 Å². The Morgan fingerprint density at radius 3 is 0.944 bits per heavy atom. The van der Waals surface area contributed by atoms with E-state index in [1.165, 1.54) is 167 Å². The van der Waals surface area contributed by atoms with E-state index >= 15 is 0 Å². The standard InChI is InChI=1S/C65H112O6/c1-4-7-10-13-16-19-22-25-28-31-32-35-37-40-43-46-49-52-55-58-64(67)70-61-62(71-65(68)59-56-53-50-47-44-41-38-34-30-27-24-21-18-15-12-9-6-3)60-69-63(66)57-54-51-48-45-42-39-36-33-29-26-23-20-17-14-11-8-5-2/h7,10,16,19,25,27-28,30,32,35,40,43,49,52,62H,4-6,8-9,11-15,17-18,20-24,26,29,31,33-34,36-39,41-42,44-48,50-51,53-61H2,1-3H3/b10-7-,19-16-,28-25-,30-27-,35-32-,43-40-,52-49-. The highest BCUT2D eigenvalue weighted by atomic mass is 16.6. The fourth-order valence-electron chi connectivity index (χ4n) is 8.41. The van der Waals surface area contributed by atoms with E-state index in [0.717, 1.165) is 77.0 Å². The molecule has 0 saturated carbocycles. The summed E-state index contributed by atoms with van der Waals surface area (Å²) in [6, 6.07) is 0. The topological polar surface area (TPSA) is 78.9 Å². The number of rotatable bonds is 54. The van der Waals surface area contributed by atoms with Crippen molar-refractivity contribution in [3.8, 4) is 0 Å². The van der Waals surface area contributed by atoms with Gasteiger partial charge in [0.15, 0.2) is 6.10 Å². The predicted octanol–water partition coefficient (Wildman–Crippen LogP) is 20.3. The van der Waals surface area contributed by atoms with Gasteiger partial charge in [0.05, 0.1) is 0 Å². The van der Waals surface area contributed by atoms with Gasteiger partial charge >= 0.3 is 17.9 Å². The van der Waals surface area contributed by atoms with Crippen molar-refractivity contribution in [2.45, 2.75) is 297 Å². The number of hydrogen-bond donors (Lipinski definition) is 0. The lowest BCUT2D eigenvalue weighted by molar-refractivity contribution is -0.166. The molecule has 0 aromatic rings. The molecule has 408 valence electrons. The summed E-state index contributed by atoms with van der Waals surface area (Å²) >= 11 is 0. The van der Waals surface area contributed by atoms with Crippen molar-refractivity contribution in [3.63, 3.8) is 0 Å². The van der Waals surface area contributed by atoms with Crippen molar-refractivity contribution < 1.29 is 28.6 Å². The van der Waals surface area contributed by atoms with E-state index in [2.05, 4.69) is 99.8 Å². The zero-order valence-electron chi connectivity index (χ0n) is 46.7. The molecule has 0 aliphatic heterocycles. The SMILES string of the molecule is CC/C=C\C/C=C\C/C=C\C/C=C\C/C=C\C/C=C\CCC(=O)OCC(COC(=O)CCCCCCCCCCCCCCCCCCC)OC(=O)CCCCCCCCC/C=C\CCCCCCCC. The number of carbonyl (C=O) groups excluding carboxylic acids is 3. The van der Waals surface area contributed by atoms with Gasteiger partial charge in [-0.05, 0) is 83.5 Å². The quantitative estimate of drug-likeness (QED) is 0.0261. The first-order chi connectivity index (χ1) is 35.0. The predicted molar refractivity (Wildman–Crippen MR) is 307 cm³/mol. The smallest absolute Gasteiger partial charge is 0.306 e. The Hall–Kier alpha value is -3.41. The van der Waals surface area contributed by atoms with Crippen LogP contribution in [0.1, 0.15) is 290 Å². The van der Waals surface area contributed by atoms with Gasteiger partial charge in [-0.25, -0.2) is 0 Å². The first-order valence-electron chi connectivity index (χ1n) is 30.1. The maximum absolute atomic E-state index is 12.9. The van der Waals surface area contributed by atoms with Gasteiger partial charge in [-0.1, -0.05) is 273 Å². The summed E-state index contributed by atoms with van der Waals surface area (Å²) in [5.74, 6) is -0.981. The third-order valence-electron chi connectivity index (χ3n) is 12.9. The molecule has 0 spiro atoms. The van der Waals surface area contributed by atoms with Gasteiger partial charge in [-0.15, -0.1) is 0 Å². The average molecular weight is 990 g/mol. The summed E-state index contributed by atoms with van der Waals surface area (Å²) in [5, 5.41) is 0. The zero-order chi connectivity index (χ0) is 51.4. The van der Waals surface area contributed by atoms with E-state index in [4.69, 9.17) is 14.2 Å². The molecule has 0 amide bonds. The second-order valence-electron chi connectivity index (χ2n) is 19.9. The molecule has 1 unspecified atom stereocenters. The molecule has 0 aromatic carbocycles. The molecule has 0 radical (unpaired) electrons. The van der Waals surface area contributed by atoms with Crippen LogP contribution in [-0.4, -0.2) is 37.2 Å². The Bertz CT molecular complexity index is 1370. The summed E-state index contributed by atoms with van der Waals surface area (Å²) in [5.41, 5.74) is 0. The van der Waals surface area contributed by atoms with Crippen LogP contribution >= 0.6 is 0 Å². The molecule has 1 atom stereocenters. The lowest BCUT2D eigenvalue weighted by Crippen LogP contribution is -2.30. The Morgan fingerprint density at radius 1 is 0.296 bits per heavy atom.